The zero-order valence-electron chi connectivity index (χ0n) is 18.5. The number of carboxylic acid groups (broad SMARTS) is 2. The van der Waals surface area contributed by atoms with Crippen LogP contribution in [0.1, 0.15) is 75.9 Å². The van der Waals surface area contributed by atoms with Gasteiger partial charge in [-0.2, -0.15) is 0 Å². The van der Waals surface area contributed by atoms with Crippen LogP contribution in [-0.4, -0.2) is 22.2 Å². The molecule has 1 aliphatic rings. The Hall–Kier alpha value is -3.40. The van der Waals surface area contributed by atoms with Crippen molar-refractivity contribution in [2.24, 2.45) is 0 Å². The van der Waals surface area contributed by atoms with Crippen LogP contribution in [0, 0.1) is 6.92 Å². The van der Waals surface area contributed by atoms with Gasteiger partial charge in [-0.15, -0.1) is 0 Å². The SMILES string of the molecule is CCc1cc(C)c(-c2ccccc2C(=O)O)c(-c2ccccc2C(=O)O)c1C1CCCC1. The Bertz CT molecular complexity index is 1190. The molecular formula is C28H28O4. The Morgan fingerprint density at radius 3 is 1.84 bits per heavy atom. The lowest BCUT2D eigenvalue weighted by Crippen LogP contribution is -2.09. The summed E-state index contributed by atoms with van der Waals surface area (Å²) in [5.74, 6) is -1.62. The van der Waals surface area contributed by atoms with Gasteiger partial charge in [-0.25, -0.2) is 9.59 Å². The lowest BCUT2D eigenvalue weighted by atomic mass is 9.77. The summed E-state index contributed by atoms with van der Waals surface area (Å²) in [5, 5.41) is 19.9. The first kappa shape index (κ1) is 21.8. The maximum atomic E-state index is 12.2. The molecule has 4 nitrogen and oxygen atoms in total. The molecule has 0 unspecified atom stereocenters. The quantitative estimate of drug-likeness (QED) is 0.446. The number of aromatic carboxylic acids is 2. The fourth-order valence-electron chi connectivity index (χ4n) is 5.28. The molecule has 4 rings (SSSR count). The number of hydrogen-bond acceptors (Lipinski definition) is 2. The van der Waals surface area contributed by atoms with E-state index < -0.39 is 11.9 Å². The largest absolute Gasteiger partial charge is 0.478 e. The standard InChI is InChI=1S/C28H28O4/c1-3-18-16-17(2)24(20-12-6-8-14-22(20)27(29)30)26(25(18)19-10-4-5-11-19)21-13-7-9-15-23(21)28(31)32/h6-9,12-16,19H,3-5,10-11H2,1-2H3,(H,29,30)(H,31,32). The van der Waals surface area contributed by atoms with Gasteiger partial charge in [0.1, 0.15) is 0 Å². The highest BCUT2D eigenvalue weighted by Crippen LogP contribution is 2.48. The van der Waals surface area contributed by atoms with Crippen molar-refractivity contribution in [3.63, 3.8) is 0 Å². The van der Waals surface area contributed by atoms with Crippen LogP contribution in [0.15, 0.2) is 54.6 Å². The minimum Gasteiger partial charge on any atom is -0.478 e. The van der Waals surface area contributed by atoms with Gasteiger partial charge in [0.15, 0.2) is 0 Å². The van der Waals surface area contributed by atoms with E-state index in [9.17, 15) is 19.8 Å². The van der Waals surface area contributed by atoms with Gasteiger partial charge >= 0.3 is 11.9 Å². The molecule has 0 bridgehead atoms. The molecule has 0 spiro atoms. The van der Waals surface area contributed by atoms with Crippen molar-refractivity contribution >= 4 is 11.9 Å². The lowest BCUT2D eigenvalue weighted by Gasteiger charge is -2.26. The molecular weight excluding hydrogens is 400 g/mol. The summed E-state index contributed by atoms with van der Waals surface area (Å²) >= 11 is 0. The molecule has 2 N–H and O–H groups in total. The van der Waals surface area contributed by atoms with Crippen LogP contribution < -0.4 is 0 Å². The molecule has 0 aliphatic heterocycles. The van der Waals surface area contributed by atoms with Crippen LogP contribution in [0.4, 0.5) is 0 Å². The summed E-state index contributed by atoms with van der Waals surface area (Å²) in [6, 6.07) is 16.3. The molecule has 0 atom stereocenters. The van der Waals surface area contributed by atoms with Crippen molar-refractivity contribution < 1.29 is 19.8 Å². The van der Waals surface area contributed by atoms with Crippen molar-refractivity contribution in [3.8, 4) is 22.3 Å². The monoisotopic (exact) mass is 428 g/mol. The summed E-state index contributed by atoms with van der Waals surface area (Å²) in [4.78, 5) is 24.3. The molecule has 1 aliphatic carbocycles. The number of carboxylic acids is 2. The first-order valence-corrected chi connectivity index (χ1v) is 11.3. The van der Waals surface area contributed by atoms with E-state index in [0.29, 0.717) is 17.0 Å². The molecule has 164 valence electrons. The van der Waals surface area contributed by atoms with Crippen LogP contribution in [-0.2, 0) is 6.42 Å². The third-order valence-corrected chi connectivity index (χ3v) is 6.65. The normalized spacial score (nSPS) is 13.9. The van der Waals surface area contributed by atoms with E-state index in [2.05, 4.69) is 13.0 Å². The van der Waals surface area contributed by atoms with Gasteiger partial charge in [0.05, 0.1) is 11.1 Å². The predicted molar refractivity (Wildman–Crippen MR) is 127 cm³/mol. The van der Waals surface area contributed by atoms with E-state index in [1.54, 1.807) is 24.3 Å². The Morgan fingerprint density at radius 1 is 0.844 bits per heavy atom. The number of hydrogen-bond donors (Lipinski definition) is 2. The van der Waals surface area contributed by atoms with Gasteiger partial charge in [-0.05, 0) is 83.2 Å². The van der Waals surface area contributed by atoms with Gasteiger partial charge in [-0.1, -0.05) is 62.2 Å². The van der Waals surface area contributed by atoms with E-state index in [0.717, 1.165) is 48.8 Å². The molecule has 1 fully saturated rings. The molecule has 0 radical (unpaired) electrons. The van der Waals surface area contributed by atoms with E-state index in [4.69, 9.17) is 0 Å². The number of benzene rings is 3. The van der Waals surface area contributed by atoms with E-state index >= 15 is 0 Å². The average Bonchev–Trinajstić information content (AvgIpc) is 3.32. The molecule has 1 saturated carbocycles. The Labute approximate surface area is 188 Å². The summed E-state index contributed by atoms with van der Waals surface area (Å²) in [5.41, 5.74) is 6.87. The maximum absolute atomic E-state index is 12.2. The van der Waals surface area contributed by atoms with Gasteiger partial charge in [0.25, 0.3) is 0 Å². The zero-order chi connectivity index (χ0) is 22.8. The Balaban J connectivity index is 2.18. The summed E-state index contributed by atoms with van der Waals surface area (Å²) in [7, 11) is 0. The van der Waals surface area contributed by atoms with E-state index in [1.165, 1.54) is 11.1 Å². The average molecular weight is 429 g/mol. The van der Waals surface area contributed by atoms with Crippen molar-refractivity contribution in [2.75, 3.05) is 0 Å². The third-order valence-electron chi connectivity index (χ3n) is 6.65. The maximum Gasteiger partial charge on any atom is 0.336 e. The highest BCUT2D eigenvalue weighted by molar-refractivity contribution is 6.04. The first-order chi connectivity index (χ1) is 15.4. The molecule has 4 heteroatoms. The molecule has 0 aromatic heterocycles. The number of rotatable bonds is 6. The van der Waals surface area contributed by atoms with Crippen molar-refractivity contribution in [2.45, 2.75) is 51.9 Å². The number of aryl methyl sites for hydroxylation is 2. The van der Waals surface area contributed by atoms with E-state index in [1.807, 2.05) is 31.2 Å². The Morgan fingerprint density at radius 2 is 1.34 bits per heavy atom. The molecule has 0 amide bonds. The zero-order valence-corrected chi connectivity index (χ0v) is 18.5. The molecule has 3 aromatic carbocycles. The third kappa shape index (κ3) is 3.81. The highest BCUT2D eigenvalue weighted by Gasteiger charge is 2.29. The lowest BCUT2D eigenvalue weighted by molar-refractivity contribution is 0.0686. The van der Waals surface area contributed by atoms with Gasteiger partial charge < -0.3 is 10.2 Å². The first-order valence-electron chi connectivity index (χ1n) is 11.3. The predicted octanol–water partition coefficient (Wildman–Crippen LogP) is 6.95. The van der Waals surface area contributed by atoms with Gasteiger partial charge in [0, 0.05) is 0 Å². The summed E-state index contributed by atoms with van der Waals surface area (Å²) in [6.07, 6.45) is 5.29. The van der Waals surface area contributed by atoms with Crippen LogP contribution in [0.5, 0.6) is 0 Å². The van der Waals surface area contributed by atoms with E-state index in [-0.39, 0.29) is 11.1 Å². The highest BCUT2D eigenvalue weighted by atomic mass is 16.4. The topological polar surface area (TPSA) is 74.6 Å². The van der Waals surface area contributed by atoms with Crippen molar-refractivity contribution in [1.29, 1.82) is 0 Å². The fraction of sp³-hybridized carbons (Fsp3) is 0.286. The van der Waals surface area contributed by atoms with Crippen LogP contribution >= 0.6 is 0 Å². The number of carbonyl (C=O) groups is 2. The minimum absolute atomic E-state index is 0.228. The minimum atomic E-state index is -0.987. The van der Waals surface area contributed by atoms with Crippen LogP contribution in [0.3, 0.4) is 0 Å². The summed E-state index contributed by atoms with van der Waals surface area (Å²) in [6.45, 7) is 4.13. The molecule has 0 saturated heterocycles. The van der Waals surface area contributed by atoms with Crippen LogP contribution in [0.25, 0.3) is 22.3 Å². The van der Waals surface area contributed by atoms with Crippen molar-refractivity contribution in [1.82, 2.24) is 0 Å². The van der Waals surface area contributed by atoms with Gasteiger partial charge in [-0.3, -0.25) is 0 Å². The van der Waals surface area contributed by atoms with Crippen LogP contribution in [0.2, 0.25) is 0 Å². The smallest absolute Gasteiger partial charge is 0.336 e. The Kier molecular flexibility index (Phi) is 6.13. The second-order valence-electron chi connectivity index (χ2n) is 8.55. The molecule has 3 aromatic rings. The molecule has 32 heavy (non-hydrogen) atoms. The summed E-state index contributed by atoms with van der Waals surface area (Å²) < 4.78 is 0. The van der Waals surface area contributed by atoms with Crippen molar-refractivity contribution in [3.05, 3.63) is 82.4 Å². The molecule has 0 heterocycles. The second-order valence-corrected chi connectivity index (χ2v) is 8.55. The fourth-order valence-corrected chi connectivity index (χ4v) is 5.28. The second kappa shape index (κ2) is 8.99. The van der Waals surface area contributed by atoms with Gasteiger partial charge in [0.2, 0.25) is 0 Å².